The molecule has 0 spiro atoms. The number of anilines is 2. The number of rotatable bonds is 6. The molecular weight excluding hydrogens is 473 g/mol. The summed E-state index contributed by atoms with van der Waals surface area (Å²) >= 11 is 0. The van der Waals surface area contributed by atoms with Gasteiger partial charge in [-0.15, -0.1) is 0 Å². The predicted octanol–water partition coefficient (Wildman–Crippen LogP) is 4.95. The molecule has 1 aliphatic heterocycles. The van der Waals surface area contributed by atoms with Crippen LogP contribution in [0.3, 0.4) is 0 Å². The van der Waals surface area contributed by atoms with E-state index in [4.69, 9.17) is 4.74 Å². The first-order valence-electron chi connectivity index (χ1n) is 11.4. The zero-order valence-corrected chi connectivity index (χ0v) is 21.2. The molecule has 0 saturated heterocycles. The second-order valence-electron chi connectivity index (χ2n) is 9.82. The van der Waals surface area contributed by atoms with E-state index in [1.165, 1.54) is 24.1 Å². The number of fused-ring (bicyclic) bond motifs is 2. The molecule has 2 heterocycles. The van der Waals surface area contributed by atoms with Crippen molar-refractivity contribution in [3.63, 3.8) is 0 Å². The van der Waals surface area contributed by atoms with Crippen molar-refractivity contribution in [1.82, 2.24) is 9.97 Å². The summed E-state index contributed by atoms with van der Waals surface area (Å²) in [6, 6.07) is 6.46. The number of amides is 1. The molecule has 4 rings (SSSR count). The molecule has 10 heteroatoms. The Morgan fingerprint density at radius 3 is 2.50 bits per heavy atom. The van der Waals surface area contributed by atoms with Gasteiger partial charge < -0.3 is 20.1 Å². The molecule has 1 aliphatic rings. The molecule has 0 bridgehead atoms. The summed E-state index contributed by atoms with van der Waals surface area (Å²) < 4.78 is 50.5. The van der Waals surface area contributed by atoms with Gasteiger partial charge in [-0.3, -0.25) is 4.79 Å². The van der Waals surface area contributed by atoms with Crippen molar-refractivity contribution in [2.24, 2.45) is 0 Å². The number of nitrogens with one attached hydrogen (secondary N) is 1. The van der Waals surface area contributed by atoms with Crippen LogP contribution in [0.1, 0.15) is 56.3 Å². The lowest BCUT2D eigenvalue weighted by molar-refractivity contribution is -0.170. The molecular formula is C26H29F3N4O3. The fourth-order valence-corrected chi connectivity index (χ4v) is 4.53. The van der Waals surface area contributed by atoms with E-state index in [0.717, 1.165) is 19.9 Å². The Hall–Kier alpha value is -3.24. The van der Waals surface area contributed by atoms with Crippen LogP contribution in [-0.4, -0.2) is 40.7 Å². The van der Waals surface area contributed by atoms with Crippen LogP contribution in [-0.2, 0) is 21.1 Å². The van der Waals surface area contributed by atoms with Gasteiger partial charge in [-0.2, -0.15) is 8.78 Å². The van der Waals surface area contributed by atoms with Gasteiger partial charge in [0.05, 0.1) is 22.8 Å². The SMILES string of the molecule is CO[C@]1(C)C(=O)N(C)c2cc3nc(C)nc(N[C@H](C)c4cccc(C(F)(F)C(C)(C)O)c4F)c3cc21. The van der Waals surface area contributed by atoms with Gasteiger partial charge >= 0.3 is 5.92 Å². The number of hydrogen-bond acceptors (Lipinski definition) is 6. The van der Waals surface area contributed by atoms with E-state index in [9.17, 15) is 18.7 Å². The largest absolute Gasteiger partial charge is 0.384 e. The molecule has 0 saturated carbocycles. The van der Waals surface area contributed by atoms with E-state index in [0.29, 0.717) is 33.8 Å². The molecule has 36 heavy (non-hydrogen) atoms. The maximum atomic E-state index is 15.3. The molecule has 2 atom stereocenters. The third-order valence-electron chi connectivity index (χ3n) is 6.88. The van der Waals surface area contributed by atoms with Gasteiger partial charge in [-0.05, 0) is 52.8 Å². The third-order valence-corrected chi connectivity index (χ3v) is 6.88. The molecule has 7 nitrogen and oxygen atoms in total. The number of hydrogen-bond donors (Lipinski definition) is 2. The van der Waals surface area contributed by atoms with Gasteiger partial charge in [0.25, 0.3) is 5.91 Å². The summed E-state index contributed by atoms with van der Waals surface area (Å²) in [5.41, 5.74) is -2.72. The quantitative estimate of drug-likeness (QED) is 0.496. The minimum absolute atomic E-state index is 0.0151. The average Bonchev–Trinajstić information content (AvgIpc) is 2.98. The van der Waals surface area contributed by atoms with E-state index in [1.54, 1.807) is 40.0 Å². The molecule has 192 valence electrons. The summed E-state index contributed by atoms with van der Waals surface area (Å²) in [6.07, 6.45) is 0. The van der Waals surface area contributed by atoms with E-state index in [1.807, 2.05) is 0 Å². The molecule has 2 aromatic carbocycles. The topological polar surface area (TPSA) is 87.6 Å². The summed E-state index contributed by atoms with van der Waals surface area (Å²) in [5, 5.41) is 13.6. The fourth-order valence-electron chi connectivity index (χ4n) is 4.53. The van der Waals surface area contributed by atoms with Crippen LogP contribution in [0, 0.1) is 12.7 Å². The molecule has 0 unspecified atom stereocenters. The van der Waals surface area contributed by atoms with Crippen LogP contribution >= 0.6 is 0 Å². The second-order valence-corrected chi connectivity index (χ2v) is 9.82. The highest BCUT2D eigenvalue weighted by molar-refractivity contribution is 6.09. The molecule has 2 N–H and O–H groups in total. The van der Waals surface area contributed by atoms with Crippen LogP contribution in [0.5, 0.6) is 0 Å². The number of aryl methyl sites for hydroxylation is 1. The molecule has 1 aromatic heterocycles. The summed E-state index contributed by atoms with van der Waals surface area (Å²) in [5.74, 6) is -4.36. The highest BCUT2D eigenvalue weighted by Gasteiger charge is 2.49. The van der Waals surface area contributed by atoms with Crippen LogP contribution < -0.4 is 10.2 Å². The van der Waals surface area contributed by atoms with E-state index in [-0.39, 0.29) is 11.5 Å². The molecule has 0 aliphatic carbocycles. The number of aliphatic hydroxyl groups is 1. The number of carbonyl (C=O) groups is 1. The average molecular weight is 503 g/mol. The van der Waals surface area contributed by atoms with Crippen molar-refractivity contribution in [2.75, 3.05) is 24.4 Å². The van der Waals surface area contributed by atoms with Crippen LogP contribution in [0.4, 0.5) is 24.7 Å². The lowest BCUT2D eigenvalue weighted by Gasteiger charge is -2.30. The van der Waals surface area contributed by atoms with E-state index >= 15 is 4.39 Å². The van der Waals surface area contributed by atoms with Crippen molar-refractivity contribution in [3.05, 3.63) is 58.7 Å². The van der Waals surface area contributed by atoms with Crippen LogP contribution in [0.2, 0.25) is 0 Å². The van der Waals surface area contributed by atoms with Gasteiger partial charge in [0, 0.05) is 30.7 Å². The first kappa shape index (κ1) is 25.8. The Balaban J connectivity index is 1.81. The van der Waals surface area contributed by atoms with Crippen molar-refractivity contribution in [2.45, 2.75) is 57.8 Å². The molecule has 0 radical (unpaired) electrons. The van der Waals surface area contributed by atoms with Crippen LogP contribution in [0.25, 0.3) is 10.9 Å². The van der Waals surface area contributed by atoms with Crippen molar-refractivity contribution >= 4 is 28.3 Å². The molecule has 3 aromatic rings. The smallest absolute Gasteiger partial charge is 0.303 e. The number of halogens is 3. The predicted molar refractivity (Wildman–Crippen MR) is 131 cm³/mol. The minimum atomic E-state index is -3.81. The van der Waals surface area contributed by atoms with E-state index in [2.05, 4.69) is 15.3 Å². The summed E-state index contributed by atoms with van der Waals surface area (Å²) in [4.78, 5) is 23.3. The summed E-state index contributed by atoms with van der Waals surface area (Å²) in [7, 11) is 3.11. The van der Waals surface area contributed by atoms with Gasteiger partial charge in [-0.1, -0.05) is 12.1 Å². The Morgan fingerprint density at radius 2 is 1.89 bits per heavy atom. The summed E-state index contributed by atoms with van der Waals surface area (Å²) in [6.45, 7) is 6.87. The first-order valence-corrected chi connectivity index (χ1v) is 11.4. The number of methoxy groups -OCH3 is 1. The highest BCUT2D eigenvalue weighted by atomic mass is 19.3. The van der Waals surface area contributed by atoms with Gasteiger partial charge in [-0.25, -0.2) is 14.4 Å². The fraction of sp³-hybridized carbons (Fsp3) is 0.423. The molecule has 1 amide bonds. The zero-order valence-electron chi connectivity index (χ0n) is 21.2. The lowest BCUT2D eigenvalue weighted by Crippen LogP contribution is -2.41. The Kier molecular flexibility index (Phi) is 6.04. The normalized spacial score (nSPS) is 19.1. The number of alkyl halides is 2. The second kappa shape index (κ2) is 8.41. The number of benzene rings is 2. The van der Waals surface area contributed by atoms with E-state index < -0.39 is 34.5 Å². The van der Waals surface area contributed by atoms with Crippen LogP contribution in [0.15, 0.2) is 30.3 Å². The number of nitrogens with zero attached hydrogens (tertiary/aromatic N) is 3. The first-order chi connectivity index (χ1) is 16.6. The number of likely N-dealkylation sites (N-methyl/N-ethyl adjacent to an activating group) is 1. The zero-order chi connectivity index (χ0) is 26.8. The van der Waals surface area contributed by atoms with Crippen molar-refractivity contribution in [1.29, 1.82) is 0 Å². The lowest BCUT2D eigenvalue weighted by atomic mass is 9.91. The number of ether oxygens (including phenoxy) is 1. The Labute approximate surface area is 207 Å². The minimum Gasteiger partial charge on any atom is -0.384 e. The Morgan fingerprint density at radius 1 is 1.22 bits per heavy atom. The third kappa shape index (κ3) is 3.79. The van der Waals surface area contributed by atoms with Crippen molar-refractivity contribution < 1.29 is 27.8 Å². The Bertz CT molecular complexity index is 1370. The van der Waals surface area contributed by atoms with Gasteiger partial charge in [0.1, 0.15) is 23.1 Å². The highest BCUT2D eigenvalue weighted by Crippen LogP contribution is 2.45. The maximum absolute atomic E-state index is 15.3. The maximum Gasteiger partial charge on any atom is 0.303 e. The van der Waals surface area contributed by atoms with Crippen molar-refractivity contribution in [3.8, 4) is 0 Å². The van der Waals surface area contributed by atoms with Gasteiger partial charge in [0.2, 0.25) is 0 Å². The molecule has 0 fully saturated rings. The monoisotopic (exact) mass is 502 g/mol. The number of aromatic nitrogens is 2. The standard InChI is InChI=1S/C26H29F3N4O3/c1-13(15-9-8-10-17(21(15)27)26(28,29)24(3,4)35)30-22-16-11-18-20(12-19(16)31-14(2)32-22)33(6)23(34)25(18,5)36-7/h8-13,35H,1-7H3,(H,30,31,32)/t13-,25+/m1/s1. The number of carbonyl (C=O) groups excluding carboxylic acids is 1. The van der Waals surface area contributed by atoms with Gasteiger partial charge in [0.15, 0.2) is 5.60 Å².